The topological polar surface area (TPSA) is 12.0 Å². The molecule has 0 saturated carbocycles. The van der Waals surface area contributed by atoms with E-state index in [4.69, 9.17) is 0 Å². The Labute approximate surface area is 122 Å². The Morgan fingerprint density at radius 1 is 1.00 bits per heavy atom. The first-order chi connectivity index (χ1) is 9.69. The van der Waals surface area contributed by atoms with Gasteiger partial charge in [-0.15, -0.1) is 0 Å². The van der Waals surface area contributed by atoms with Crippen molar-refractivity contribution in [2.75, 3.05) is 7.05 Å². The van der Waals surface area contributed by atoms with Gasteiger partial charge >= 0.3 is 0 Å². The lowest BCUT2D eigenvalue weighted by Crippen LogP contribution is -2.18. The van der Waals surface area contributed by atoms with E-state index in [1.54, 1.807) is 0 Å². The van der Waals surface area contributed by atoms with Crippen LogP contribution in [0.1, 0.15) is 43.0 Å². The Morgan fingerprint density at radius 2 is 1.75 bits per heavy atom. The van der Waals surface area contributed by atoms with Gasteiger partial charge in [0.15, 0.2) is 0 Å². The second-order valence-electron chi connectivity index (χ2n) is 6.22. The summed E-state index contributed by atoms with van der Waals surface area (Å²) in [5, 5.41) is 3.46. The summed E-state index contributed by atoms with van der Waals surface area (Å²) >= 11 is 0. The number of nitrogens with one attached hydrogen (secondary N) is 1. The minimum atomic E-state index is 0.452. The van der Waals surface area contributed by atoms with Crippen molar-refractivity contribution in [1.82, 2.24) is 5.32 Å². The molecular formula is C19H23N. The molecule has 0 aromatic heterocycles. The summed E-state index contributed by atoms with van der Waals surface area (Å²) in [6, 6.07) is 16.2. The molecule has 1 N–H and O–H groups in total. The number of hydrogen-bond acceptors (Lipinski definition) is 1. The van der Waals surface area contributed by atoms with Gasteiger partial charge in [-0.05, 0) is 59.7 Å². The van der Waals surface area contributed by atoms with Gasteiger partial charge in [0.25, 0.3) is 0 Å². The zero-order valence-electron chi connectivity index (χ0n) is 12.6. The zero-order chi connectivity index (χ0) is 14.1. The molecule has 1 nitrogen and oxygen atoms in total. The van der Waals surface area contributed by atoms with Gasteiger partial charge < -0.3 is 5.32 Å². The first kappa shape index (κ1) is 13.4. The molecule has 1 atom stereocenters. The summed E-state index contributed by atoms with van der Waals surface area (Å²) in [4.78, 5) is 0. The van der Waals surface area contributed by atoms with Crippen molar-refractivity contribution >= 4 is 0 Å². The lowest BCUT2D eigenvalue weighted by atomic mass is 9.94. The van der Waals surface area contributed by atoms with Crippen molar-refractivity contribution in [3.63, 3.8) is 0 Å². The first-order valence-electron chi connectivity index (χ1n) is 7.57. The van der Waals surface area contributed by atoms with Crippen molar-refractivity contribution in [2.45, 2.75) is 32.7 Å². The van der Waals surface area contributed by atoms with Crippen LogP contribution in [0.4, 0.5) is 0 Å². The molecule has 20 heavy (non-hydrogen) atoms. The summed E-state index contributed by atoms with van der Waals surface area (Å²) in [5.74, 6) is 0.702. The van der Waals surface area contributed by atoms with Gasteiger partial charge in [0.2, 0.25) is 0 Å². The predicted octanol–water partition coefficient (Wildman–Crippen LogP) is 4.56. The van der Waals surface area contributed by atoms with Crippen LogP contribution in [0.5, 0.6) is 0 Å². The van der Waals surface area contributed by atoms with E-state index < -0.39 is 0 Å². The van der Waals surface area contributed by atoms with E-state index in [0.717, 1.165) is 6.42 Å². The third-order valence-electron chi connectivity index (χ3n) is 4.28. The summed E-state index contributed by atoms with van der Waals surface area (Å²) in [5.41, 5.74) is 7.20. The highest BCUT2D eigenvalue weighted by Gasteiger charge is 2.20. The van der Waals surface area contributed by atoms with Gasteiger partial charge in [0.1, 0.15) is 0 Å². The van der Waals surface area contributed by atoms with E-state index in [1.807, 2.05) is 0 Å². The quantitative estimate of drug-likeness (QED) is 0.729. The van der Waals surface area contributed by atoms with Crippen LogP contribution in [-0.4, -0.2) is 7.05 Å². The smallest absolute Gasteiger partial charge is 0.0320 e. The summed E-state index contributed by atoms with van der Waals surface area (Å²) in [7, 11) is 2.06. The second-order valence-corrected chi connectivity index (χ2v) is 6.22. The Kier molecular flexibility index (Phi) is 3.62. The average molecular weight is 265 g/mol. The first-order valence-corrected chi connectivity index (χ1v) is 7.57. The highest BCUT2D eigenvalue weighted by Crippen LogP contribution is 2.38. The van der Waals surface area contributed by atoms with E-state index >= 15 is 0 Å². The third kappa shape index (κ3) is 2.38. The fourth-order valence-corrected chi connectivity index (χ4v) is 3.25. The van der Waals surface area contributed by atoms with E-state index in [9.17, 15) is 0 Å². The molecular weight excluding hydrogens is 242 g/mol. The Morgan fingerprint density at radius 3 is 2.50 bits per heavy atom. The van der Waals surface area contributed by atoms with Gasteiger partial charge in [-0.2, -0.15) is 0 Å². The molecule has 0 saturated heterocycles. The molecule has 1 heteroatoms. The Bertz CT molecular complexity index is 613. The summed E-state index contributed by atoms with van der Waals surface area (Å²) < 4.78 is 0. The van der Waals surface area contributed by atoms with Crippen LogP contribution in [0.2, 0.25) is 0 Å². The highest BCUT2D eigenvalue weighted by molar-refractivity contribution is 5.77. The molecule has 0 heterocycles. The monoisotopic (exact) mass is 265 g/mol. The van der Waals surface area contributed by atoms with Gasteiger partial charge in [0, 0.05) is 6.04 Å². The predicted molar refractivity (Wildman–Crippen MR) is 85.9 cm³/mol. The Balaban J connectivity index is 1.98. The molecule has 0 fully saturated rings. The van der Waals surface area contributed by atoms with Crippen molar-refractivity contribution in [3.8, 4) is 11.1 Å². The number of rotatable bonds is 4. The molecule has 1 aliphatic rings. The molecule has 1 aliphatic carbocycles. The van der Waals surface area contributed by atoms with Crippen LogP contribution in [0.25, 0.3) is 11.1 Å². The summed E-state index contributed by atoms with van der Waals surface area (Å²) in [6.45, 7) is 4.57. The molecule has 0 spiro atoms. The maximum Gasteiger partial charge on any atom is 0.0320 e. The largest absolute Gasteiger partial charge is 0.313 e. The van der Waals surface area contributed by atoms with Crippen LogP contribution < -0.4 is 5.32 Å². The van der Waals surface area contributed by atoms with Crippen LogP contribution >= 0.6 is 0 Å². The standard InChI is InChI=1S/C19H23N/c1-13(2)10-19(20-3)16-9-8-15-11-14-6-4-5-7-17(14)18(15)12-16/h4-9,12-13,19-20H,10-11H2,1-3H3. The second kappa shape index (κ2) is 5.41. The van der Waals surface area contributed by atoms with Crippen LogP contribution in [0.3, 0.4) is 0 Å². The van der Waals surface area contributed by atoms with Crippen molar-refractivity contribution in [1.29, 1.82) is 0 Å². The molecule has 104 valence electrons. The number of hydrogen-bond donors (Lipinski definition) is 1. The fraction of sp³-hybridized carbons (Fsp3) is 0.368. The van der Waals surface area contributed by atoms with Gasteiger partial charge in [0.05, 0.1) is 0 Å². The Hall–Kier alpha value is -1.60. The molecule has 3 rings (SSSR count). The van der Waals surface area contributed by atoms with E-state index in [1.165, 1.54) is 34.2 Å². The molecule has 2 aromatic rings. The van der Waals surface area contributed by atoms with Gasteiger partial charge in [-0.1, -0.05) is 50.2 Å². The fourth-order valence-electron chi connectivity index (χ4n) is 3.25. The third-order valence-corrected chi connectivity index (χ3v) is 4.28. The van der Waals surface area contributed by atoms with Crippen molar-refractivity contribution < 1.29 is 0 Å². The molecule has 0 bridgehead atoms. The minimum Gasteiger partial charge on any atom is -0.313 e. The van der Waals surface area contributed by atoms with Crippen LogP contribution in [-0.2, 0) is 6.42 Å². The van der Waals surface area contributed by atoms with E-state index in [0.29, 0.717) is 12.0 Å². The lowest BCUT2D eigenvalue weighted by Gasteiger charge is -2.19. The SMILES string of the molecule is CNC(CC(C)C)c1ccc2c(c1)-c1ccccc1C2. The van der Waals surface area contributed by atoms with Gasteiger partial charge in [-0.3, -0.25) is 0 Å². The summed E-state index contributed by atoms with van der Waals surface area (Å²) in [6.07, 6.45) is 2.26. The van der Waals surface area contributed by atoms with E-state index in [-0.39, 0.29) is 0 Å². The molecule has 2 aromatic carbocycles. The molecule has 0 amide bonds. The molecule has 0 aliphatic heterocycles. The maximum absolute atomic E-state index is 3.46. The van der Waals surface area contributed by atoms with Crippen molar-refractivity contribution in [2.24, 2.45) is 5.92 Å². The number of fused-ring (bicyclic) bond motifs is 3. The normalized spacial score (nSPS) is 14.2. The highest BCUT2D eigenvalue weighted by atomic mass is 14.9. The molecule has 1 unspecified atom stereocenters. The lowest BCUT2D eigenvalue weighted by molar-refractivity contribution is 0.457. The van der Waals surface area contributed by atoms with Crippen LogP contribution in [0, 0.1) is 5.92 Å². The van der Waals surface area contributed by atoms with Crippen LogP contribution in [0.15, 0.2) is 42.5 Å². The van der Waals surface area contributed by atoms with Crippen molar-refractivity contribution in [3.05, 3.63) is 59.2 Å². The molecule has 0 radical (unpaired) electrons. The number of benzene rings is 2. The van der Waals surface area contributed by atoms with E-state index in [2.05, 4.69) is 68.7 Å². The zero-order valence-corrected chi connectivity index (χ0v) is 12.6. The van der Waals surface area contributed by atoms with Gasteiger partial charge in [-0.25, -0.2) is 0 Å². The maximum atomic E-state index is 3.46. The minimum absolute atomic E-state index is 0.452. The average Bonchev–Trinajstić information content (AvgIpc) is 2.82.